The summed E-state index contributed by atoms with van der Waals surface area (Å²) in [5.74, 6) is 1.69. The van der Waals surface area contributed by atoms with Crippen LogP contribution in [0.4, 0.5) is 0 Å². The van der Waals surface area contributed by atoms with Crippen LogP contribution in [0.3, 0.4) is 0 Å². The SMILES string of the molecule is Cc1ccc(C(CNC(=O)CC(N)c2ccccc2)N2CCOCC2)o1. The molecule has 0 radical (unpaired) electrons. The first-order chi connectivity index (χ1) is 12.6. The van der Waals surface area contributed by atoms with Gasteiger partial charge in [0.05, 0.1) is 19.3 Å². The molecule has 1 fully saturated rings. The molecule has 1 aromatic heterocycles. The zero-order valence-corrected chi connectivity index (χ0v) is 15.2. The zero-order chi connectivity index (χ0) is 18.4. The van der Waals surface area contributed by atoms with E-state index >= 15 is 0 Å². The Morgan fingerprint density at radius 3 is 2.58 bits per heavy atom. The molecule has 6 heteroatoms. The first kappa shape index (κ1) is 18.6. The van der Waals surface area contributed by atoms with Gasteiger partial charge in [-0.15, -0.1) is 0 Å². The number of hydrogen-bond donors (Lipinski definition) is 2. The molecule has 1 saturated heterocycles. The number of nitrogens with two attached hydrogens (primary N) is 1. The number of benzene rings is 1. The van der Waals surface area contributed by atoms with Gasteiger partial charge in [0, 0.05) is 32.1 Å². The number of aryl methyl sites for hydroxylation is 1. The Hall–Kier alpha value is -2.15. The van der Waals surface area contributed by atoms with Crippen LogP contribution in [-0.2, 0) is 9.53 Å². The molecule has 1 aromatic carbocycles. The highest BCUT2D eigenvalue weighted by molar-refractivity contribution is 5.76. The van der Waals surface area contributed by atoms with Gasteiger partial charge in [0.25, 0.3) is 0 Å². The average molecular weight is 357 g/mol. The van der Waals surface area contributed by atoms with Gasteiger partial charge in [-0.1, -0.05) is 30.3 Å². The fourth-order valence-corrected chi connectivity index (χ4v) is 3.23. The number of hydrogen-bond acceptors (Lipinski definition) is 5. The van der Waals surface area contributed by atoms with E-state index in [2.05, 4.69) is 10.2 Å². The number of nitrogens with one attached hydrogen (secondary N) is 1. The Morgan fingerprint density at radius 1 is 1.19 bits per heavy atom. The predicted molar refractivity (Wildman–Crippen MR) is 99.6 cm³/mol. The van der Waals surface area contributed by atoms with Gasteiger partial charge < -0.3 is 20.2 Å². The van der Waals surface area contributed by atoms with Gasteiger partial charge in [0.2, 0.25) is 5.91 Å². The third kappa shape index (κ3) is 4.94. The minimum atomic E-state index is -0.302. The van der Waals surface area contributed by atoms with E-state index in [1.807, 2.05) is 49.4 Å². The minimum absolute atomic E-state index is 0.00417. The van der Waals surface area contributed by atoms with E-state index in [4.69, 9.17) is 14.9 Å². The molecule has 0 bridgehead atoms. The van der Waals surface area contributed by atoms with E-state index in [0.29, 0.717) is 19.8 Å². The maximum atomic E-state index is 12.4. The Morgan fingerprint density at radius 2 is 1.92 bits per heavy atom. The zero-order valence-electron chi connectivity index (χ0n) is 15.2. The summed E-state index contributed by atoms with van der Waals surface area (Å²) in [4.78, 5) is 14.7. The lowest BCUT2D eigenvalue weighted by molar-refractivity contribution is -0.121. The van der Waals surface area contributed by atoms with Crippen LogP contribution in [0.15, 0.2) is 46.9 Å². The molecule has 1 aliphatic heterocycles. The number of carbonyl (C=O) groups is 1. The van der Waals surface area contributed by atoms with Gasteiger partial charge in [-0.2, -0.15) is 0 Å². The second-order valence-electron chi connectivity index (χ2n) is 6.64. The van der Waals surface area contributed by atoms with E-state index in [9.17, 15) is 4.79 Å². The fourth-order valence-electron chi connectivity index (χ4n) is 3.23. The number of carbonyl (C=O) groups excluding carboxylic acids is 1. The normalized spacial score (nSPS) is 17.6. The van der Waals surface area contributed by atoms with Gasteiger partial charge in [-0.3, -0.25) is 9.69 Å². The molecule has 2 aromatic rings. The van der Waals surface area contributed by atoms with Crippen molar-refractivity contribution in [1.82, 2.24) is 10.2 Å². The lowest BCUT2D eigenvalue weighted by Gasteiger charge is -2.33. The van der Waals surface area contributed by atoms with Gasteiger partial charge in [-0.25, -0.2) is 0 Å². The van der Waals surface area contributed by atoms with Gasteiger partial charge in [0.15, 0.2) is 0 Å². The summed E-state index contributed by atoms with van der Waals surface area (Å²) in [6, 6.07) is 13.3. The highest BCUT2D eigenvalue weighted by Crippen LogP contribution is 2.23. The first-order valence-electron chi connectivity index (χ1n) is 9.09. The summed E-state index contributed by atoms with van der Waals surface area (Å²) in [5.41, 5.74) is 7.12. The average Bonchev–Trinajstić information content (AvgIpc) is 3.09. The number of furan rings is 1. The smallest absolute Gasteiger partial charge is 0.221 e. The summed E-state index contributed by atoms with van der Waals surface area (Å²) in [6.07, 6.45) is 0.261. The molecular weight excluding hydrogens is 330 g/mol. The van der Waals surface area contributed by atoms with Crippen molar-refractivity contribution < 1.29 is 13.9 Å². The molecule has 0 aliphatic carbocycles. The van der Waals surface area contributed by atoms with Crippen LogP contribution < -0.4 is 11.1 Å². The van der Waals surface area contributed by atoms with E-state index in [1.165, 1.54) is 0 Å². The largest absolute Gasteiger partial charge is 0.465 e. The highest BCUT2D eigenvalue weighted by Gasteiger charge is 2.26. The monoisotopic (exact) mass is 357 g/mol. The Labute approximate surface area is 154 Å². The third-order valence-electron chi connectivity index (χ3n) is 4.70. The molecule has 1 aliphatic rings. The van der Waals surface area contributed by atoms with E-state index in [1.54, 1.807) is 0 Å². The number of rotatable bonds is 7. The second kappa shape index (κ2) is 8.98. The summed E-state index contributed by atoms with van der Waals surface area (Å²) < 4.78 is 11.3. The van der Waals surface area contributed by atoms with Crippen LogP contribution in [-0.4, -0.2) is 43.7 Å². The van der Waals surface area contributed by atoms with Crippen LogP contribution in [0.5, 0.6) is 0 Å². The van der Waals surface area contributed by atoms with Crippen molar-refractivity contribution in [2.45, 2.75) is 25.4 Å². The molecule has 2 heterocycles. The number of amides is 1. The van der Waals surface area contributed by atoms with Crippen LogP contribution in [0.2, 0.25) is 0 Å². The first-order valence-corrected chi connectivity index (χ1v) is 9.09. The van der Waals surface area contributed by atoms with E-state index in [0.717, 1.165) is 30.2 Å². The maximum Gasteiger partial charge on any atom is 0.221 e. The molecule has 2 atom stereocenters. The molecule has 2 unspecified atom stereocenters. The third-order valence-corrected chi connectivity index (χ3v) is 4.70. The van der Waals surface area contributed by atoms with Crippen molar-refractivity contribution in [2.75, 3.05) is 32.8 Å². The van der Waals surface area contributed by atoms with Crippen molar-refractivity contribution in [3.8, 4) is 0 Å². The Kier molecular flexibility index (Phi) is 6.44. The summed E-state index contributed by atoms with van der Waals surface area (Å²) in [5, 5.41) is 3.03. The molecule has 0 saturated carbocycles. The molecular formula is C20H27N3O3. The van der Waals surface area contributed by atoms with Crippen LogP contribution in [0.25, 0.3) is 0 Å². The van der Waals surface area contributed by atoms with E-state index < -0.39 is 0 Å². The van der Waals surface area contributed by atoms with Crippen LogP contribution in [0.1, 0.15) is 35.6 Å². The molecule has 0 spiro atoms. The van der Waals surface area contributed by atoms with E-state index in [-0.39, 0.29) is 24.4 Å². The molecule has 6 nitrogen and oxygen atoms in total. The van der Waals surface area contributed by atoms with Crippen molar-refractivity contribution in [1.29, 1.82) is 0 Å². The number of ether oxygens (including phenoxy) is 1. The Bertz CT molecular complexity index is 695. The second-order valence-corrected chi connectivity index (χ2v) is 6.64. The molecule has 26 heavy (non-hydrogen) atoms. The van der Waals surface area contributed by atoms with Crippen molar-refractivity contribution in [3.05, 3.63) is 59.5 Å². The maximum absolute atomic E-state index is 12.4. The molecule has 1 amide bonds. The van der Waals surface area contributed by atoms with Gasteiger partial charge in [0.1, 0.15) is 11.5 Å². The lowest BCUT2D eigenvalue weighted by atomic mass is 10.0. The highest BCUT2D eigenvalue weighted by atomic mass is 16.5. The quantitative estimate of drug-likeness (QED) is 0.794. The molecule has 140 valence electrons. The topological polar surface area (TPSA) is 80.7 Å². The van der Waals surface area contributed by atoms with Crippen LogP contribution in [0, 0.1) is 6.92 Å². The standard InChI is InChI=1S/C20H27N3O3/c1-15-7-8-19(26-15)18(23-9-11-25-12-10-23)14-22-20(24)13-17(21)16-5-3-2-4-6-16/h2-8,17-18H,9-14,21H2,1H3,(H,22,24). The van der Waals surface area contributed by atoms with Gasteiger partial charge in [-0.05, 0) is 24.6 Å². The van der Waals surface area contributed by atoms with Crippen molar-refractivity contribution in [3.63, 3.8) is 0 Å². The minimum Gasteiger partial charge on any atom is -0.465 e. The lowest BCUT2D eigenvalue weighted by Crippen LogP contribution is -2.44. The van der Waals surface area contributed by atoms with Crippen molar-refractivity contribution in [2.24, 2.45) is 5.73 Å². The predicted octanol–water partition coefficient (Wildman–Crippen LogP) is 2.17. The van der Waals surface area contributed by atoms with Crippen LogP contribution >= 0.6 is 0 Å². The number of morpholine rings is 1. The molecule has 3 N–H and O–H groups in total. The summed E-state index contributed by atoms with van der Waals surface area (Å²) in [6.45, 7) is 5.46. The summed E-state index contributed by atoms with van der Waals surface area (Å²) in [7, 11) is 0. The fraction of sp³-hybridized carbons (Fsp3) is 0.450. The summed E-state index contributed by atoms with van der Waals surface area (Å²) >= 11 is 0. The molecule has 3 rings (SSSR count). The number of nitrogens with zero attached hydrogens (tertiary/aromatic N) is 1. The Balaban J connectivity index is 1.59. The van der Waals surface area contributed by atoms with Crippen molar-refractivity contribution >= 4 is 5.91 Å². The van der Waals surface area contributed by atoms with Gasteiger partial charge >= 0.3 is 0 Å².